The highest BCUT2D eigenvalue weighted by molar-refractivity contribution is 6.29. The zero-order valence-electron chi connectivity index (χ0n) is 15.2. The number of nitrogens with one attached hydrogen (secondary N) is 1. The summed E-state index contributed by atoms with van der Waals surface area (Å²) in [6, 6.07) is 3.41. The van der Waals surface area contributed by atoms with Crippen LogP contribution in [0.4, 0.5) is 0 Å². The van der Waals surface area contributed by atoms with Gasteiger partial charge >= 0.3 is 0 Å². The minimum atomic E-state index is -0.501. The van der Waals surface area contributed by atoms with Crippen LogP contribution in [0.5, 0.6) is 5.88 Å². The molecule has 1 heterocycles. The Morgan fingerprint density at radius 1 is 1.31 bits per heavy atom. The highest BCUT2D eigenvalue weighted by Gasteiger charge is 2.52. The Labute approximate surface area is 159 Å². The van der Waals surface area contributed by atoms with Crippen molar-refractivity contribution in [3.05, 3.63) is 22.8 Å². The van der Waals surface area contributed by atoms with Gasteiger partial charge in [0.1, 0.15) is 10.7 Å². The van der Waals surface area contributed by atoms with Gasteiger partial charge in [0.05, 0.1) is 12.2 Å². The highest BCUT2D eigenvalue weighted by atomic mass is 35.5. The van der Waals surface area contributed by atoms with Gasteiger partial charge in [-0.1, -0.05) is 18.5 Å². The molecule has 0 saturated heterocycles. The second kappa shape index (κ2) is 7.01. The summed E-state index contributed by atoms with van der Waals surface area (Å²) in [7, 11) is 0. The Bertz CT molecular complexity index is 698. The van der Waals surface area contributed by atoms with E-state index in [0.29, 0.717) is 41.0 Å². The van der Waals surface area contributed by atoms with Crippen molar-refractivity contribution in [1.29, 1.82) is 0 Å². The van der Waals surface area contributed by atoms with Crippen LogP contribution in [0.1, 0.15) is 62.2 Å². The topological polar surface area (TPSA) is 71.5 Å². The van der Waals surface area contributed by atoms with Crippen LogP contribution in [0.3, 0.4) is 0 Å². The SMILES string of the molecule is CCCOc1nc(Cl)ccc1C(=O)N[C@@H]1CCC2C[C@@]3(O)CC2CC1C3. The molecule has 0 spiro atoms. The Morgan fingerprint density at radius 2 is 2.08 bits per heavy atom. The molecule has 3 bridgehead atoms. The van der Waals surface area contributed by atoms with E-state index in [1.165, 1.54) is 0 Å². The zero-order chi connectivity index (χ0) is 18.3. The lowest BCUT2D eigenvalue weighted by Gasteiger charge is -2.37. The molecule has 1 aromatic heterocycles. The van der Waals surface area contributed by atoms with E-state index in [4.69, 9.17) is 16.3 Å². The number of rotatable bonds is 5. The number of fused-ring (bicyclic) bond motifs is 2. The average Bonchev–Trinajstić information content (AvgIpc) is 2.77. The lowest BCUT2D eigenvalue weighted by Crippen LogP contribution is -2.45. The first-order valence-electron chi connectivity index (χ1n) is 9.80. The molecule has 1 amide bonds. The molecule has 0 aromatic carbocycles. The number of aliphatic hydroxyl groups is 1. The smallest absolute Gasteiger partial charge is 0.256 e. The van der Waals surface area contributed by atoms with Crippen LogP contribution in [-0.4, -0.2) is 34.2 Å². The van der Waals surface area contributed by atoms with Crippen LogP contribution in [0.15, 0.2) is 12.1 Å². The molecule has 26 heavy (non-hydrogen) atoms. The molecule has 3 aliphatic carbocycles. The Kier molecular flexibility index (Phi) is 4.86. The maximum absolute atomic E-state index is 12.9. The number of carbonyl (C=O) groups is 1. The van der Waals surface area contributed by atoms with Crippen molar-refractivity contribution in [2.45, 2.75) is 63.5 Å². The maximum Gasteiger partial charge on any atom is 0.256 e. The van der Waals surface area contributed by atoms with Gasteiger partial charge in [-0.2, -0.15) is 0 Å². The zero-order valence-corrected chi connectivity index (χ0v) is 16.0. The van der Waals surface area contributed by atoms with Gasteiger partial charge in [-0.15, -0.1) is 0 Å². The number of nitrogens with zero attached hydrogens (tertiary/aromatic N) is 1. The Hall–Kier alpha value is -1.33. The van der Waals surface area contributed by atoms with Crippen molar-refractivity contribution < 1.29 is 14.6 Å². The maximum atomic E-state index is 12.9. The summed E-state index contributed by atoms with van der Waals surface area (Å²) < 4.78 is 5.63. The molecule has 3 unspecified atom stereocenters. The predicted molar refractivity (Wildman–Crippen MR) is 99.4 cm³/mol. The first kappa shape index (κ1) is 18.1. The molecule has 2 N–H and O–H groups in total. The van der Waals surface area contributed by atoms with Crippen molar-refractivity contribution in [2.24, 2.45) is 17.8 Å². The van der Waals surface area contributed by atoms with Gasteiger partial charge in [-0.25, -0.2) is 4.98 Å². The number of ether oxygens (including phenoxy) is 1. The number of carbonyl (C=O) groups excluding carboxylic acids is 1. The fourth-order valence-electron chi connectivity index (χ4n) is 5.40. The van der Waals surface area contributed by atoms with Crippen LogP contribution in [0.25, 0.3) is 0 Å². The molecule has 5 nitrogen and oxygen atoms in total. The summed E-state index contributed by atoms with van der Waals surface area (Å²) in [4.78, 5) is 17.1. The normalized spacial score (nSPS) is 35.2. The summed E-state index contributed by atoms with van der Waals surface area (Å²) in [5.41, 5.74) is -0.0675. The van der Waals surface area contributed by atoms with Gasteiger partial charge in [0.15, 0.2) is 0 Å². The van der Waals surface area contributed by atoms with Crippen molar-refractivity contribution in [1.82, 2.24) is 10.3 Å². The lowest BCUT2D eigenvalue weighted by molar-refractivity contribution is -0.0112. The van der Waals surface area contributed by atoms with E-state index in [2.05, 4.69) is 10.3 Å². The largest absolute Gasteiger partial charge is 0.477 e. The van der Waals surface area contributed by atoms with E-state index in [0.717, 1.165) is 44.9 Å². The average molecular weight is 379 g/mol. The third-order valence-corrected chi connectivity index (χ3v) is 6.66. The molecule has 3 aliphatic rings. The van der Waals surface area contributed by atoms with Crippen LogP contribution in [0.2, 0.25) is 5.15 Å². The first-order chi connectivity index (χ1) is 12.5. The monoisotopic (exact) mass is 378 g/mol. The lowest BCUT2D eigenvalue weighted by atomic mass is 9.75. The standard InChI is InChI=1S/C20H27ClN2O3/c1-2-7-26-19-15(4-6-17(21)23-19)18(24)22-16-5-3-12-9-20(25)10-13(12)8-14(16)11-20/h4,6,12-14,16,25H,2-3,5,7-11H2,1H3,(H,22,24)/t12?,13?,14?,16-,20-/m1/s1. The number of hydrogen-bond donors (Lipinski definition) is 2. The van der Waals surface area contributed by atoms with E-state index in [1.54, 1.807) is 12.1 Å². The molecular formula is C20H27ClN2O3. The predicted octanol–water partition coefficient (Wildman–Crippen LogP) is 3.58. The fourth-order valence-corrected chi connectivity index (χ4v) is 5.54. The summed E-state index contributed by atoms with van der Waals surface area (Å²) in [6.45, 7) is 2.50. The van der Waals surface area contributed by atoms with Crippen molar-refractivity contribution >= 4 is 17.5 Å². The van der Waals surface area contributed by atoms with Gasteiger partial charge in [0.25, 0.3) is 5.91 Å². The molecule has 142 valence electrons. The van der Waals surface area contributed by atoms with Crippen molar-refractivity contribution in [2.75, 3.05) is 6.61 Å². The van der Waals surface area contributed by atoms with Gasteiger partial charge in [-0.05, 0) is 74.8 Å². The molecule has 0 aliphatic heterocycles. The second-order valence-electron chi connectivity index (χ2n) is 8.35. The number of halogens is 1. The molecule has 0 radical (unpaired) electrons. The number of aromatic nitrogens is 1. The summed E-state index contributed by atoms with van der Waals surface area (Å²) in [5.74, 6) is 1.74. The van der Waals surface area contributed by atoms with Crippen LogP contribution < -0.4 is 10.1 Å². The third-order valence-electron chi connectivity index (χ3n) is 6.45. The number of pyridine rings is 1. The van der Waals surface area contributed by atoms with E-state index < -0.39 is 5.60 Å². The van der Waals surface area contributed by atoms with Crippen LogP contribution >= 0.6 is 11.6 Å². The third kappa shape index (κ3) is 3.44. The highest BCUT2D eigenvalue weighted by Crippen LogP contribution is 2.55. The van der Waals surface area contributed by atoms with Gasteiger partial charge in [-0.3, -0.25) is 4.79 Å². The Balaban J connectivity index is 1.50. The minimum absolute atomic E-state index is 0.108. The first-order valence-corrected chi connectivity index (χ1v) is 10.2. The molecule has 3 fully saturated rings. The molecule has 1 aromatic rings. The molecule has 4 rings (SSSR count). The van der Waals surface area contributed by atoms with Crippen LogP contribution in [0, 0.1) is 17.8 Å². The molecule has 5 atom stereocenters. The van der Waals surface area contributed by atoms with Gasteiger partial charge in [0.2, 0.25) is 5.88 Å². The van der Waals surface area contributed by atoms with E-state index >= 15 is 0 Å². The summed E-state index contributed by atoms with van der Waals surface area (Å²) in [5, 5.41) is 14.3. The van der Waals surface area contributed by atoms with E-state index in [-0.39, 0.29) is 11.9 Å². The summed E-state index contributed by atoms with van der Waals surface area (Å²) >= 11 is 5.97. The minimum Gasteiger partial charge on any atom is -0.477 e. The van der Waals surface area contributed by atoms with Gasteiger partial charge in [0, 0.05) is 6.04 Å². The fraction of sp³-hybridized carbons (Fsp3) is 0.700. The van der Waals surface area contributed by atoms with E-state index in [1.807, 2.05) is 6.92 Å². The molecule has 6 heteroatoms. The second-order valence-corrected chi connectivity index (χ2v) is 8.73. The van der Waals surface area contributed by atoms with Crippen molar-refractivity contribution in [3.8, 4) is 5.88 Å². The molecular weight excluding hydrogens is 352 g/mol. The number of amides is 1. The van der Waals surface area contributed by atoms with Crippen LogP contribution in [-0.2, 0) is 0 Å². The summed E-state index contributed by atoms with van der Waals surface area (Å²) in [6.07, 6.45) is 6.74. The van der Waals surface area contributed by atoms with Crippen molar-refractivity contribution in [3.63, 3.8) is 0 Å². The molecule has 3 saturated carbocycles. The van der Waals surface area contributed by atoms with E-state index in [9.17, 15) is 9.90 Å². The quantitative estimate of drug-likeness (QED) is 0.768. The Morgan fingerprint density at radius 3 is 2.88 bits per heavy atom. The number of hydrogen-bond acceptors (Lipinski definition) is 4. The van der Waals surface area contributed by atoms with Gasteiger partial charge < -0.3 is 15.2 Å².